The maximum atomic E-state index is 11.5. The van der Waals surface area contributed by atoms with Crippen LogP contribution in [-0.2, 0) is 16.1 Å². The van der Waals surface area contributed by atoms with Gasteiger partial charge in [-0.15, -0.1) is 0 Å². The molecule has 20 heavy (non-hydrogen) atoms. The van der Waals surface area contributed by atoms with Gasteiger partial charge in [0.15, 0.2) is 0 Å². The zero-order valence-corrected chi connectivity index (χ0v) is 11.8. The molecule has 5 heteroatoms. The first kappa shape index (κ1) is 14.5. The van der Waals surface area contributed by atoms with E-state index in [9.17, 15) is 4.79 Å². The molecule has 0 fully saturated rings. The number of nitrogens with zero attached hydrogens (tertiary/aromatic N) is 2. The van der Waals surface area contributed by atoms with Crippen molar-refractivity contribution in [3.63, 3.8) is 0 Å². The molecule has 0 unspecified atom stereocenters. The number of ether oxygens (including phenoxy) is 1. The highest BCUT2D eigenvalue weighted by atomic mass is 16.5. The summed E-state index contributed by atoms with van der Waals surface area (Å²) < 4.78 is 7.26. The molecule has 108 valence electrons. The van der Waals surface area contributed by atoms with Gasteiger partial charge < -0.3 is 14.6 Å². The fourth-order valence-corrected chi connectivity index (χ4v) is 2.08. The van der Waals surface area contributed by atoms with E-state index in [2.05, 4.69) is 20.9 Å². The first-order valence-corrected chi connectivity index (χ1v) is 7.05. The average Bonchev–Trinajstić information content (AvgIpc) is 2.87. The van der Waals surface area contributed by atoms with Gasteiger partial charge in [0.1, 0.15) is 5.65 Å². The van der Waals surface area contributed by atoms with Crippen molar-refractivity contribution in [2.24, 2.45) is 0 Å². The van der Waals surface area contributed by atoms with Gasteiger partial charge in [0.05, 0.1) is 6.61 Å². The highest BCUT2D eigenvalue weighted by molar-refractivity contribution is 5.76. The van der Waals surface area contributed by atoms with Crippen molar-refractivity contribution >= 4 is 16.9 Å². The molecule has 2 heterocycles. The summed E-state index contributed by atoms with van der Waals surface area (Å²) in [6.45, 7) is 4.60. The SMILES string of the molecule is CCOCCC(=O)NCCCn1ccc2cccnc21. The minimum atomic E-state index is 0.0499. The molecule has 2 aromatic heterocycles. The second-order valence-electron chi connectivity index (χ2n) is 4.58. The standard InChI is InChI=1S/C15H21N3O2/c1-2-20-12-7-14(19)16-9-4-10-18-11-6-13-5-3-8-17-15(13)18/h3,5-6,8,11H,2,4,7,9-10,12H2,1H3,(H,16,19). The number of nitrogens with one attached hydrogen (secondary N) is 1. The van der Waals surface area contributed by atoms with Crippen LogP contribution in [0.25, 0.3) is 11.0 Å². The monoisotopic (exact) mass is 275 g/mol. The third-order valence-electron chi connectivity index (χ3n) is 3.10. The third-order valence-corrected chi connectivity index (χ3v) is 3.10. The van der Waals surface area contributed by atoms with E-state index >= 15 is 0 Å². The first-order valence-electron chi connectivity index (χ1n) is 7.05. The topological polar surface area (TPSA) is 56.1 Å². The summed E-state index contributed by atoms with van der Waals surface area (Å²) in [5.74, 6) is 0.0499. The number of pyridine rings is 1. The fourth-order valence-electron chi connectivity index (χ4n) is 2.08. The number of carbonyl (C=O) groups excluding carboxylic acids is 1. The Morgan fingerprint density at radius 3 is 3.20 bits per heavy atom. The second-order valence-corrected chi connectivity index (χ2v) is 4.58. The van der Waals surface area contributed by atoms with Crippen molar-refractivity contribution in [3.05, 3.63) is 30.6 Å². The van der Waals surface area contributed by atoms with E-state index in [0.29, 0.717) is 26.2 Å². The van der Waals surface area contributed by atoms with Crippen molar-refractivity contribution in [2.45, 2.75) is 26.3 Å². The molecule has 2 rings (SSSR count). The van der Waals surface area contributed by atoms with Gasteiger partial charge in [0.2, 0.25) is 5.91 Å². The lowest BCUT2D eigenvalue weighted by Gasteiger charge is -2.07. The van der Waals surface area contributed by atoms with Crippen LogP contribution in [0.3, 0.4) is 0 Å². The van der Waals surface area contributed by atoms with E-state index in [4.69, 9.17) is 4.74 Å². The summed E-state index contributed by atoms with van der Waals surface area (Å²) in [6, 6.07) is 6.04. The van der Waals surface area contributed by atoms with E-state index in [1.807, 2.05) is 25.3 Å². The van der Waals surface area contributed by atoms with Crippen molar-refractivity contribution in [1.29, 1.82) is 0 Å². The summed E-state index contributed by atoms with van der Waals surface area (Å²) in [6.07, 6.45) is 5.16. The number of amides is 1. The Morgan fingerprint density at radius 2 is 2.35 bits per heavy atom. The van der Waals surface area contributed by atoms with Gasteiger partial charge in [-0.1, -0.05) is 0 Å². The molecule has 1 N–H and O–H groups in total. The van der Waals surface area contributed by atoms with E-state index in [1.54, 1.807) is 6.20 Å². The molecule has 1 amide bonds. The summed E-state index contributed by atoms with van der Waals surface area (Å²) >= 11 is 0. The van der Waals surface area contributed by atoms with Gasteiger partial charge in [0.25, 0.3) is 0 Å². The van der Waals surface area contributed by atoms with E-state index in [-0.39, 0.29) is 5.91 Å². The van der Waals surface area contributed by atoms with Crippen LogP contribution in [0.15, 0.2) is 30.6 Å². The zero-order chi connectivity index (χ0) is 14.2. The van der Waals surface area contributed by atoms with Crippen molar-refractivity contribution < 1.29 is 9.53 Å². The van der Waals surface area contributed by atoms with Crippen LogP contribution in [0.4, 0.5) is 0 Å². The van der Waals surface area contributed by atoms with Gasteiger partial charge in [-0.2, -0.15) is 0 Å². The summed E-state index contributed by atoms with van der Waals surface area (Å²) in [5.41, 5.74) is 0.996. The summed E-state index contributed by atoms with van der Waals surface area (Å²) in [7, 11) is 0. The lowest BCUT2D eigenvalue weighted by atomic mass is 10.3. The smallest absolute Gasteiger partial charge is 0.222 e. The Kier molecular flexibility index (Phi) is 5.55. The molecule has 0 aliphatic rings. The predicted octanol–water partition coefficient (Wildman–Crippen LogP) is 1.97. The molecule has 0 saturated carbocycles. The van der Waals surface area contributed by atoms with Crippen LogP contribution >= 0.6 is 0 Å². The van der Waals surface area contributed by atoms with Crippen molar-refractivity contribution in [2.75, 3.05) is 19.8 Å². The van der Waals surface area contributed by atoms with Gasteiger partial charge in [-0.3, -0.25) is 4.79 Å². The normalized spacial score (nSPS) is 10.8. The highest BCUT2D eigenvalue weighted by Gasteiger charge is 2.02. The average molecular weight is 275 g/mol. The second kappa shape index (κ2) is 7.65. The Morgan fingerprint density at radius 1 is 1.45 bits per heavy atom. The lowest BCUT2D eigenvalue weighted by Crippen LogP contribution is -2.26. The zero-order valence-electron chi connectivity index (χ0n) is 11.8. The fraction of sp³-hybridized carbons (Fsp3) is 0.467. The molecule has 0 aromatic carbocycles. The minimum absolute atomic E-state index is 0.0499. The number of hydrogen-bond donors (Lipinski definition) is 1. The molecule has 2 aromatic rings. The predicted molar refractivity (Wildman–Crippen MR) is 78.5 cm³/mol. The van der Waals surface area contributed by atoms with Crippen molar-refractivity contribution in [1.82, 2.24) is 14.9 Å². The largest absolute Gasteiger partial charge is 0.381 e. The third kappa shape index (κ3) is 4.06. The maximum Gasteiger partial charge on any atom is 0.222 e. The van der Waals surface area contributed by atoms with Gasteiger partial charge in [-0.25, -0.2) is 4.98 Å². The molecule has 0 aliphatic heterocycles. The number of aromatic nitrogens is 2. The molecule has 0 atom stereocenters. The molecular weight excluding hydrogens is 254 g/mol. The van der Waals surface area contributed by atoms with Crippen LogP contribution < -0.4 is 5.32 Å². The van der Waals surface area contributed by atoms with Crippen LogP contribution in [0, 0.1) is 0 Å². The molecule has 0 bridgehead atoms. The van der Waals surface area contributed by atoms with Gasteiger partial charge >= 0.3 is 0 Å². The molecule has 0 aliphatic carbocycles. The maximum absolute atomic E-state index is 11.5. The lowest BCUT2D eigenvalue weighted by molar-refractivity contribution is -0.122. The van der Waals surface area contributed by atoms with Crippen LogP contribution in [-0.4, -0.2) is 35.2 Å². The van der Waals surface area contributed by atoms with Crippen LogP contribution in [0.5, 0.6) is 0 Å². The number of rotatable bonds is 8. The van der Waals surface area contributed by atoms with Crippen LogP contribution in [0.2, 0.25) is 0 Å². The van der Waals surface area contributed by atoms with E-state index in [1.165, 1.54) is 0 Å². The number of hydrogen-bond acceptors (Lipinski definition) is 3. The molecule has 0 radical (unpaired) electrons. The van der Waals surface area contributed by atoms with Gasteiger partial charge in [-0.05, 0) is 31.5 Å². The Hall–Kier alpha value is -1.88. The number of carbonyl (C=O) groups is 1. The minimum Gasteiger partial charge on any atom is -0.381 e. The van der Waals surface area contributed by atoms with Crippen molar-refractivity contribution in [3.8, 4) is 0 Å². The Labute approximate surface area is 118 Å². The first-order chi connectivity index (χ1) is 9.81. The summed E-state index contributed by atoms with van der Waals surface area (Å²) in [4.78, 5) is 15.8. The number of aryl methyl sites for hydroxylation is 1. The van der Waals surface area contributed by atoms with E-state index < -0.39 is 0 Å². The Balaban J connectivity index is 1.70. The van der Waals surface area contributed by atoms with E-state index in [0.717, 1.165) is 24.0 Å². The molecular formula is C15H21N3O2. The van der Waals surface area contributed by atoms with Gasteiger partial charge in [0, 0.05) is 43.9 Å². The Bertz CT molecular complexity index is 551. The van der Waals surface area contributed by atoms with Crippen LogP contribution in [0.1, 0.15) is 19.8 Å². The molecule has 0 spiro atoms. The molecule has 0 saturated heterocycles. The summed E-state index contributed by atoms with van der Waals surface area (Å²) in [5, 5.41) is 4.05. The highest BCUT2D eigenvalue weighted by Crippen LogP contribution is 2.12. The molecule has 5 nitrogen and oxygen atoms in total. The quantitative estimate of drug-likeness (QED) is 0.749. The number of fused-ring (bicyclic) bond motifs is 1.